The van der Waals surface area contributed by atoms with Gasteiger partial charge in [-0.15, -0.1) is 11.3 Å². The molecule has 0 saturated heterocycles. The van der Waals surface area contributed by atoms with Gasteiger partial charge in [0.2, 0.25) is 0 Å². The minimum Gasteiger partial charge on any atom is -0.364 e. The fraction of sp³-hybridized carbons (Fsp3) is 0.636. The molecule has 5 heteroatoms. The van der Waals surface area contributed by atoms with E-state index in [0.717, 1.165) is 18.3 Å². The predicted octanol–water partition coefficient (Wildman–Crippen LogP) is 2.72. The monoisotopic (exact) mass is 255 g/mol. The highest BCUT2D eigenvalue weighted by molar-refractivity contribution is 8.14. The normalized spacial score (nSPS) is 21.9. The Labute approximate surface area is 105 Å². The Balaban J connectivity index is 1.76. The maximum atomic E-state index is 4.49. The van der Waals surface area contributed by atoms with Crippen LogP contribution in [0.1, 0.15) is 31.2 Å². The third-order valence-electron chi connectivity index (χ3n) is 2.60. The molecule has 1 N–H and O–H groups in total. The van der Waals surface area contributed by atoms with E-state index in [9.17, 15) is 0 Å². The summed E-state index contributed by atoms with van der Waals surface area (Å²) in [6.07, 6.45) is 3.06. The maximum Gasteiger partial charge on any atom is 0.156 e. The van der Waals surface area contributed by atoms with E-state index in [1.807, 2.05) is 23.3 Å². The minimum absolute atomic E-state index is 0.462. The standard InChI is InChI=1S/C11H17N3S2/c1-3-9-7-14-11(16-9)13-6-8(2)10-12-4-5-15-10/h4-5,8-9H,3,6-7H2,1-2H3,(H,13,14). The molecular formula is C11H17N3S2. The number of aliphatic imine (C=N–C) groups is 1. The van der Waals surface area contributed by atoms with Crippen LogP contribution in [0.15, 0.2) is 16.6 Å². The number of hydrogen-bond acceptors (Lipinski definition) is 5. The van der Waals surface area contributed by atoms with Crippen molar-refractivity contribution in [3.63, 3.8) is 0 Å². The van der Waals surface area contributed by atoms with Gasteiger partial charge in [-0.05, 0) is 6.42 Å². The third kappa shape index (κ3) is 2.98. The Hall–Kier alpha value is -0.550. The first kappa shape index (κ1) is 11.9. The Kier molecular flexibility index (Phi) is 4.23. The predicted molar refractivity (Wildman–Crippen MR) is 72.5 cm³/mol. The van der Waals surface area contributed by atoms with E-state index in [1.165, 1.54) is 11.4 Å². The second kappa shape index (κ2) is 5.68. The Morgan fingerprint density at radius 3 is 3.12 bits per heavy atom. The molecule has 0 aromatic carbocycles. The van der Waals surface area contributed by atoms with Crippen LogP contribution >= 0.6 is 23.1 Å². The van der Waals surface area contributed by atoms with Crippen LogP contribution in [0.2, 0.25) is 0 Å². The van der Waals surface area contributed by atoms with Gasteiger partial charge in [-0.25, -0.2) is 4.98 Å². The molecule has 1 aromatic rings. The van der Waals surface area contributed by atoms with Crippen molar-refractivity contribution in [2.24, 2.45) is 4.99 Å². The molecule has 1 aliphatic rings. The lowest BCUT2D eigenvalue weighted by molar-refractivity contribution is 0.717. The highest BCUT2D eigenvalue weighted by atomic mass is 32.2. The number of aromatic nitrogens is 1. The zero-order chi connectivity index (χ0) is 11.4. The average molecular weight is 255 g/mol. The SMILES string of the molecule is CCC1CN=C(NCC(C)c2nccs2)S1. The van der Waals surface area contributed by atoms with Crippen LogP contribution in [0.25, 0.3) is 0 Å². The van der Waals surface area contributed by atoms with Gasteiger partial charge in [0.25, 0.3) is 0 Å². The summed E-state index contributed by atoms with van der Waals surface area (Å²) in [5.74, 6) is 0.462. The summed E-state index contributed by atoms with van der Waals surface area (Å²) in [6, 6.07) is 0. The molecule has 0 aliphatic carbocycles. The highest BCUT2D eigenvalue weighted by Gasteiger charge is 2.18. The van der Waals surface area contributed by atoms with Gasteiger partial charge in [-0.2, -0.15) is 0 Å². The molecule has 2 atom stereocenters. The molecule has 0 radical (unpaired) electrons. The second-order valence-electron chi connectivity index (χ2n) is 3.95. The largest absolute Gasteiger partial charge is 0.364 e. The number of hydrogen-bond donors (Lipinski definition) is 1. The molecule has 2 rings (SSSR count). The van der Waals surface area contributed by atoms with Crippen LogP contribution in [0.3, 0.4) is 0 Å². The van der Waals surface area contributed by atoms with Gasteiger partial charge in [0, 0.05) is 29.3 Å². The lowest BCUT2D eigenvalue weighted by Crippen LogP contribution is -2.24. The smallest absolute Gasteiger partial charge is 0.156 e. The lowest BCUT2D eigenvalue weighted by atomic mass is 10.2. The summed E-state index contributed by atoms with van der Waals surface area (Å²) in [7, 11) is 0. The minimum atomic E-state index is 0.462. The molecule has 0 bridgehead atoms. The van der Waals surface area contributed by atoms with Gasteiger partial charge in [0.1, 0.15) is 0 Å². The Morgan fingerprint density at radius 1 is 1.62 bits per heavy atom. The fourth-order valence-corrected chi connectivity index (χ4v) is 3.18. The van der Waals surface area contributed by atoms with Crippen LogP contribution in [0, 0.1) is 0 Å². The van der Waals surface area contributed by atoms with Crippen molar-refractivity contribution < 1.29 is 0 Å². The Morgan fingerprint density at radius 2 is 2.50 bits per heavy atom. The van der Waals surface area contributed by atoms with Gasteiger partial charge in [-0.3, -0.25) is 4.99 Å². The zero-order valence-corrected chi connectivity index (χ0v) is 11.3. The van der Waals surface area contributed by atoms with Crippen LogP contribution < -0.4 is 5.32 Å². The fourth-order valence-electron chi connectivity index (χ4n) is 1.53. The molecule has 88 valence electrons. The molecule has 2 heterocycles. The van der Waals surface area contributed by atoms with Crippen LogP contribution in [-0.4, -0.2) is 28.5 Å². The summed E-state index contributed by atoms with van der Waals surface area (Å²) >= 11 is 3.59. The van der Waals surface area contributed by atoms with Gasteiger partial charge in [0.15, 0.2) is 5.17 Å². The highest BCUT2D eigenvalue weighted by Crippen LogP contribution is 2.23. The third-order valence-corrected chi connectivity index (χ3v) is 4.92. The quantitative estimate of drug-likeness (QED) is 0.899. The summed E-state index contributed by atoms with van der Waals surface area (Å²) in [6.45, 7) is 6.31. The van der Waals surface area contributed by atoms with Crippen molar-refractivity contribution in [3.8, 4) is 0 Å². The first-order valence-corrected chi connectivity index (χ1v) is 7.40. The first-order chi connectivity index (χ1) is 7.79. The van der Waals surface area contributed by atoms with E-state index in [2.05, 4.69) is 29.1 Å². The van der Waals surface area contributed by atoms with E-state index < -0.39 is 0 Å². The summed E-state index contributed by atoms with van der Waals surface area (Å²) < 4.78 is 0. The molecule has 0 fully saturated rings. The first-order valence-electron chi connectivity index (χ1n) is 5.64. The topological polar surface area (TPSA) is 37.3 Å². The van der Waals surface area contributed by atoms with E-state index in [0.29, 0.717) is 11.2 Å². The van der Waals surface area contributed by atoms with Crippen LogP contribution in [0.4, 0.5) is 0 Å². The number of nitrogens with zero attached hydrogens (tertiary/aromatic N) is 2. The molecule has 0 spiro atoms. The molecule has 0 amide bonds. The van der Waals surface area contributed by atoms with Gasteiger partial charge < -0.3 is 5.32 Å². The van der Waals surface area contributed by atoms with E-state index >= 15 is 0 Å². The summed E-state index contributed by atoms with van der Waals surface area (Å²) in [5, 5.41) is 8.42. The molecule has 1 aromatic heterocycles. The molecule has 2 unspecified atom stereocenters. The van der Waals surface area contributed by atoms with Crippen molar-refractivity contribution in [1.29, 1.82) is 0 Å². The van der Waals surface area contributed by atoms with Crippen molar-refractivity contribution >= 4 is 28.3 Å². The van der Waals surface area contributed by atoms with Crippen LogP contribution in [-0.2, 0) is 0 Å². The van der Waals surface area contributed by atoms with Crippen LogP contribution in [0.5, 0.6) is 0 Å². The number of rotatable bonds is 4. The second-order valence-corrected chi connectivity index (χ2v) is 6.16. The van der Waals surface area contributed by atoms with Crippen molar-refractivity contribution in [2.45, 2.75) is 31.4 Å². The summed E-state index contributed by atoms with van der Waals surface area (Å²) in [4.78, 5) is 8.82. The van der Waals surface area contributed by atoms with Gasteiger partial charge >= 0.3 is 0 Å². The molecule has 16 heavy (non-hydrogen) atoms. The number of amidine groups is 1. The average Bonchev–Trinajstić information content (AvgIpc) is 2.96. The van der Waals surface area contributed by atoms with Crippen molar-refractivity contribution in [3.05, 3.63) is 16.6 Å². The van der Waals surface area contributed by atoms with E-state index in [4.69, 9.17) is 0 Å². The van der Waals surface area contributed by atoms with E-state index in [-0.39, 0.29) is 0 Å². The summed E-state index contributed by atoms with van der Waals surface area (Å²) in [5.41, 5.74) is 0. The van der Waals surface area contributed by atoms with E-state index in [1.54, 1.807) is 11.3 Å². The van der Waals surface area contributed by atoms with Gasteiger partial charge in [0.05, 0.1) is 11.6 Å². The molecule has 1 aliphatic heterocycles. The van der Waals surface area contributed by atoms with Crippen molar-refractivity contribution in [2.75, 3.05) is 13.1 Å². The van der Waals surface area contributed by atoms with Crippen molar-refractivity contribution in [1.82, 2.24) is 10.3 Å². The zero-order valence-electron chi connectivity index (χ0n) is 9.64. The molecule has 3 nitrogen and oxygen atoms in total. The molecule has 0 saturated carbocycles. The number of thioether (sulfide) groups is 1. The van der Waals surface area contributed by atoms with Gasteiger partial charge in [-0.1, -0.05) is 25.6 Å². The maximum absolute atomic E-state index is 4.49. The number of thiazole rings is 1. The molecular weight excluding hydrogens is 238 g/mol. The lowest BCUT2D eigenvalue weighted by Gasteiger charge is -2.11. The number of nitrogens with one attached hydrogen (secondary N) is 1. The Bertz CT molecular complexity index is 348.